The fourth-order valence-corrected chi connectivity index (χ4v) is 1.88. The summed E-state index contributed by atoms with van der Waals surface area (Å²) < 4.78 is 0. The van der Waals surface area contributed by atoms with Gasteiger partial charge in [0, 0.05) is 18.7 Å². The molecular formula is C12H14N4OS. The number of hydrogen-bond donors (Lipinski definition) is 2. The second-order valence-corrected chi connectivity index (χ2v) is 4.41. The zero-order valence-electron chi connectivity index (χ0n) is 9.80. The van der Waals surface area contributed by atoms with Crippen molar-refractivity contribution >= 4 is 35.1 Å². The molecule has 1 aromatic rings. The van der Waals surface area contributed by atoms with Crippen LogP contribution in [0.25, 0.3) is 0 Å². The van der Waals surface area contributed by atoms with E-state index in [1.807, 2.05) is 24.3 Å². The molecule has 0 saturated carbocycles. The van der Waals surface area contributed by atoms with Crippen LogP contribution in [0.1, 0.15) is 18.4 Å². The Balaban J connectivity index is 2.03. The van der Waals surface area contributed by atoms with Crippen molar-refractivity contribution in [2.24, 2.45) is 10.8 Å². The third kappa shape index (κ3) is 3.04. The Morgan fingerprint density at radius 1 is 1.44 bits per heavy atom. The number of nitrogens with zero attached hydrogens (tertiary/aromatic N) is 2. The minimum Gasteiger partial charge on any atom is -0.375 e. The summed E-state index contributed by atoms with van der Waals surface area (Å²) in [5, 5.41) is 3.99. The lowest BCUT2D eigenvalue weighted by Crippen LogP contribution is -2.24. The number of hydrazone groups is 1. The van der Waals surface area contributed by atoms with Crippen molar-refractivity contribution in [3.63, 3.8) is 0 Å². The van der Waals surface area contributed by atoms with E-state index in [4.69, 9.17) is 5.73 Å². The summed E-state index contributed by atoms with van der Waals surface area (Å²) in [6, 6.07) is 7.61. The first-order chi connectivity index (χ1) is 8.66. The standard InChI is InChI=1S/C12H14N4OS/c13-12(18)15-14-8-9-3-5-10(6-4-9)16-7-1-2-11(16)17/h3-6,8H,1-2,7H2,(H3,13,15,18). The number of hydrogen-bond acceptors (Lipinski definition) is 3. The average molecular weight is 262 g/mol. The van der Waals surface area contributed by atoms with Crippen LogP contribution in [0.4, 0.5) is 5.69 Å². The average Bonchev–Trinajstić information content (AvgIpc) is 2.76. The molecule has 18 heavy (non-hydrogen) atoms. The van der Waals surface area contributed by atoms with Gasteiger partial charge in [-0.05, 0) is 36.3 Å². The molecule has 1 amide bonds. The second kappa shape index (κ2) is 5.59. The molecule has 6 heteroatoms. The number of nitrogens with one attached hydrogen (secondary N) is 1. The zero-order chi connectivity index (χ0) is 13.0. The van der Waals surface area contributed by atoms with E-state index < -0.39 is 0 Å². The molecule has 1 saturated heterocycles. The minimum absolute atomic E-state index is 0.130. The van der Waals surface area contributed by atoms with Crippen LogP contribution < -0.4 is 16.1 Å². The predicted octanol–water partition coefficient (Wildman–Crippen LogP) is 0.980. The van der Waals surface area contributed by atoms with Crippen molar-refractivity contribution in [2.75, 3.05) is 11.4 Å². The lowest BCUT2D eigenvalue weighted by molar-refractivity contribution is -0.117. The number of amides is 1. The van der Waals surface area contributed by atoms with Gasteiger partial charge in [0.05, 0.1) is 6.21 Å². The largest absolute Gasteiger partial charge is 0.375 e. The van der Waals surface area contributed by atoms with Crippen molar-refractivity contribution in [3.8, 4) is 0 Å². The maximum atomic E-state index is 11.6. The van der Waals surface area contributed by atoms with Gasteiger partial charge in [0.15, 0.2) is 5.11 Å². The SMILES string of the molecule is NC(=S)NN=Cc1ccc(N2CCCC2=O)cc1. The molecule has 1 fully saturated rings. The third-order valence-corrected chi connectivity index (χ3v) is 2.76. The summed E-state index contributed by atoms with van der Waals surface area (Å²) >= 11 is 4.63. The van der Waals surface area contributed by atoms with Crippen molar-refractivity contribution in [1.82, 2.24) is 5.43 Å². The number of carbonyl (C=O) groups is 1. The first-order valence-electron chi connectivity index (χ1n) is 5.66. The lowest BCUT2D eigenvalue weighted by atomic mass is 10.2. The van der Waals surface area contributed by atoms with Gasteiger partial charge in [0.25, 0.3) is 0 Å². The Labute approximate surface area is 111 Å². The molecule has 0 bridgehead atoms. The van der Waals surface area contributed by atoms with Crippen molar-refractivity contribution in [2.45, 2.75) is 12.8 Å². The highest BCUT2D eigenvalue weighted by molar-refractivity contribution is 7.80. The molecule has 0 unspecified atom stereocenters. The molecule has 0 aromatic heterocycles. The lowest BCUT2D eigenvalue weighted by Gasteiger charge is -2.15. The monoisotopic (exact) mass is 262 g/mol. The molecule has 1 aromatic carbocycles. The summed E-state index contributed by atoms with van der Waals surface area (Å²) in [6.07, 6.45) is 3.19. The van der Waals surface area contributed by atoms with Crippen LogP contribution in [0.3, 0.4) is 0 Å². The van der Waals surface area contributed by atoms with E-state index in [9.17, 15) is 4.79 Å². The topological polar surface area (TPSA) is 70.7 Å². The Bertz CT molecular complexity index is 483. The second-order valence-electron chi connectivity index (χ2n) is 3.97. The van der Waals surface area contributed by atoms with Gasteiger partial charge < -0.3 is 10.6 Å². The first kappa shape index (κ1) is 12.5. The summed E-state index contributed by atoms with van der Waals surface area (Å²) in [4.78, 5) is 13.4. The van der Waals surface area contributed by atoms with Gasteiger partial charge in [0.1, 0.15) is 0 Å². The van der Waals surface area contributed by atoms with Gasteiger partial charge in [-0.25, -0.2) is 0 Å². The van der Waals surface area contributed by atoms with E-state index >= 15 is 0 Å². The molecule has 5 nitrogen and oxygen atoms in total. The molecule has 0 radical (unpaired) electrons. The van der Waals surface area contributed by atoms with Crippen LogP contribution in [0.2, 0.25) is 0 Å². The number of nitrogens with two attached hydrogens (primary N) is 1. The number of carbonyl (C=O) groups excluding carboxylic acids is 1. The van der Waals surface area contributed by atoms with Crippen LogP contribution in [0, 0.1) is 0 Å². The molecule has 1 aliphatic heterocycles. The smallest absolute Gasteiger partial charge is 0.227 e. The van der Waals surface area contributed by atoms with Crippen LogP contribution in [-0.2, 0) is 4.79 Å². The Morgan fingerprint density at radius 3 is 2.72 bits per heavy atom. The van der Waals surface area contributed by atoms with Crippen LogP contribution >= 0.6 is 12.2 Å². The summed E-state index contributed by atoms with van der Waals surface area (Å²) in [5.74, 6) is 0.187. The van der Waals surface area contributed by atoms with Crippen molar-refractivity contribution in [3.05, 3.63) is 29.8 Å². The molecule has 0 spiro atoms. The molecule has 1 heterocycles. The maximum Gasteiger partial charge on any atom is 0.227 e. The highest BCUT2D eigenvalue weighted by atomic mass is 32.1. The van der Waals surface area contributed by atoms with E-state index in [0.717, 1.165) is 24.2 Å². The van der Waals surface area contributed by atoms with E-state index in [-0.39, 0.29) is 11.0 Å². The number of anilines is 1. The molecular weight excluding hydrogens is 248 g/mol. The number of rotatable bonds is 3. The number of benzene rings is 1. The Morgan fingerprint density at radius 2 is 2.17 bits per heavy atom. The van der Waals surface area contributed by atoms with Gasteiger partial charge in [-0.15, -0.1) is 0 Å². The van der Waals surface area contributed by atoms with Gasteiger partial charge >= 0.3 is 0 Å². The first-order valence-corrected chi connectivity index (χ1v) is 6.06. The molecule has 3 N–H and O–H groups in total. The highest BCUT2D eigenvalue weighted by Gasteiger charge is 2.21. The summed E-state index contributed by atoms with van der Waals surface area (Å²) in [5.41, 5.74) is 9.57. The highest BCUT2D eigenvalue weighted by Crippen LogP contribution is 2.21. The van der Waals surface area contributed by atoms with Crippen LogP contribution in [0.15, 0.2) is 29.4 Å². The fourth-order valence-electron chi connectivity index (χ4n) is 1.83. The molecule has 1 aliphatic rings. The molecule has 0 aliphatic carbocycles. The Kier molecular flexibility index (Phi) is 3.88. The predicted molar refractivity (Wildman–Crippen MR) is 75.5 cm³/mol. The van der Waals surface area contributed by atoms with E-state index in [1.54, 1.807) is 11.1 Å². The van der Waals surface area contributed by atoms with Gasteiger partial charge in [-0.2, -0.15) is 5.10 Å². The van der Waals surface area contributed by atoms with Gasteiger partial charge in [-0.3, -0.25) is 10.2 Å². The summed E-state index contributed by atoms with van der Waals surface area (Å²) in [6.45, 7) is 0.801. The van der Waals surface area contributed by atoms with Crippen LogP contribution in [-0.4, -0.2) is 23.8 Å². The molecule has 94 valence electrons. The van der Waals surface area contributed by atoms with E-state index in [1.165, 1.54) is 0 Å². The van der Waals surface area contributed by atoms with Crippen LogP contribution in [0.5, 0.6) is 0 Å². The quantitative estimate of drug-likeness (QED) is 0.484. The maximum absolute atomic E-state index is 11.6. The van der Waals surface area contributed by atoms with Crippen molar-refractivity contribution < 1.29 is 4.79 Å². The minimum atomic E-state index is 0.130. The van der Waals surface area contributed by atoms with E-state index in [0.29, 0.717) is 6.42 Å². The fraction of sp³-hybridized carbons (Fsp3) is 0.250. The normalized spacial score (nSPS) is 15.3. The van der Waals surface area contributed by atoms with Gasteiger partial charge in [-0.1, -0.05) is 12.1 Å². The number of thiocarbonyl (C=S) groups is 1. The summed E-state index contributed by atoms with van der Waals surface area (Å²) in [7, 11) is 0. The molecule has 2 rings (SSSR count). The third-order valence-electron chi connectivity index (χ3n) is 2.67. The van der Waals surface area contributed by atoms with E-state index in [2.05, 4.69) is 22.7 Å². The van der Waals surface area contributed by atoms with Crippen molar-refractivity contribution in [1.29, 1.82) is 0 Å². The zero-order valence-corrected chi connectivity index (χ0v) is 10.6. The van der Waals surface area contributed by atoms with Gasteiger partial charge in [0.2, 0.25) is 5.91 Å². The Hall–Kier alpha value is -1.95. The molecule has 0 atom stereocenters.